The highest BCUT2D eigenvalue weighted by Crippen LogP contribution is 2.09. The van der Waals surface area contributed by atoms with Crippen molar-refractivity contribution in [1.82, 2.24) is 9.80 Å². The maximum absolute atomic E-state index is 4.17. The van der Waals surface area contributed by atoms with E-state index >= 15 is 0 Å². The summed E-state index contributed by atoms with van der Waals surface area (Å²) in [5.74, 6) is 0. The molecule has 0 aromatic carbocycles. The highest BCUT2D eigenvalue weighted by Gasteiger charge is 2.12. The molecule has 0 atom stereocenters. The number of aliphatic imine (C=N–C) groups is 1. The lowest BCUT2D eigenvalue weighted by atomic mass is 10.4. The van der Waals surface area contributed by atoms with Gasteiger partial charge >= 0.3 is 0 Å². The summed E-state index contributed by atoms with van der Waals surface area (Å²) in [5, 5.41) is 0. The summed E-state index contributed by atoms with van der Waals surface area (Å²) in [4.78, 5) is 8.79. The van der Waals surface area contributed by atoms with Crippen LogP contribution in [0.25, 0.3) is 0 Å². The first-order valence-electron chi connectivity index (χ1n) is 4.80. The Labute approximate surface area is 80.7 Å². The Hall–Kier alpha value is -0.830. The van der Waals surface area contributed by atoms with Gasteiger partial charge in [0.15, 0.2) is 0 Å². The molecule has 1 aliphatic rings. The second kappa shape index (κ2) is 5.02. The first kappa shape index (κ1) is 10.3. The van der Waals surface area contributed by atoms with Crippen molar-refractivity contribution >= 4 is 6.21 Å². The second-order valence-electron chi connectivity index (χ2n) is 3.54. The molecule has 0 N–H and O–H groups in total. The smallest absolute Gasteiger partial charge is 0.0468 e. The molecule has 0 spiro atoms. The van der Waals surface area contributed by atoms with Crippen LogP contribution in [0.3, 0.4) is 0 Å². The zero-order valence-corrected chi connectivity index (χ0v) is 8.82. The number of rotatable bonds is 1. The lowest BCUT2D eigenvalue weighted by molar-refractivity contribution is 0.369. The highest BCUT2D eigenvalue weighted by molar-refractivity contribution is 5.54. The van der Waals surface area contributed by atoms with Crippen LogP contribution in [-0.2, 0) is 0 Å². The molecule has 1 heterocycles. The summed E-state index contributed by atoms with van der Waals surface area (Å²) in [6, 6.07) is 0. The predicted molar refractivity (Wildman–Crippen MR) is 57.0 cm³/mol. The van der Waals surface area contributed by atoms with E-state index < -0.39 is 0 Å². The van der Waals surface area contributed by atoms with Crippen molar-refractivity contribution in [2.45, 2.75) is 13.3 Å². The standard InChI is InChI=1S/C10H19N3/c1-4-11-8-10-9-12(2)6-5-7-13(10)3/h4,8H,5-7,9H2,1-3H3/b10-8-,11-4?. The summed E-state index contributed by atoms with van der Waals surface area (Å²) >= 11 is 0. The van der Waals surface area contributed by atoms with E-state index in [4.69, 9.17) is 0 Å². The molecule has 0 unspecified atom stereocenters. The van der Waals surface area contributed by atoms with Crippen molar-refractivity contribution in [3.8, 4) is 0 Å². The van der Waals surface area contributed by atoms with Crippen molar-refractivity contribution in [3.05, 3.63) is 11.9 Å². The van der Waals surface area contributed by atoms with Gasteiger partial charge in [0.1, 0.15) is 0 Å². The fourth-order valence-electron chi connectivity index (χ4n) is 1.50. The molecule has 0 bridgehead atoms. The lowest BCUT2D eigenvalue weighted by Crippen LogP contribution is -2.23. The molecule has 74 valence electrons. The average molecular weight is 181 g/mol. The van der Waals surface area contributed by atoms with E-state index in [2.05, 4.69) is 28.9 Å². The van der Waals surface area contributed by atoms with Crippen molar-refractivity contribution < 1.29 is 0 Å². The first-order chi connectivity index (χ1) is 6.24. The second-order valence-corrected chi connectivity index (χ2v) is 3.54. The van der Waals surface area contributed by atoms with Crippen LogP contribution in [-0.4, -0.2) is 49.7 Å². The Morgan fingerprint density at radius 2 is 2.08 bits per heavy atom. The van der Waals surface area contributed by atoms with Gasteiger partial charge in [0.2, 0.25) is 0 Å². The van der Waals surface area contributed by atoms with Crippen LogP contribution in [0.15, 0.2) is 16.9 Å². The Bertz CT molecular complexity index is 208. The van der Waals surface area contributed by atoms with Gasteiger partial charge in [0.25, 0.3) is 0 Å². The normalized spacial score (nSPS) is 24.2. The summed E-state index contributed by atoms with van der Waals surface area (Å²) in [6.07, 6.45) is 5.02. The third-order valence-electron chi connectivity index (χ3n) is 2.33. The molecule has 0 aliphatic carbocycles. The minimum absolute atomic E-state index is 1.01. The molecular weight excluding hydrogens is 162 g/mol. The zero-order chi connectivity index (χ0) is 9.68. The van der Waals surface area contributed by atoms with Gasteiger partial charge in [-0.15, -0.1) is 0 Å². The van der Waals surface area contributed by atoms with Gasteiger partial charge in [-0.05, 0) is 26.9 Å². The monoisotopic (exact) mass is 181 g/mol. The van der Waals surface area contributed by atoms with Crippen LogP contribution in [0.4, 0.5) is 0 Å². The SMILES string of the molecule is CC=N/C=C1/CN(C)CCCN1C. The van der Waals surface area contributed by atoms with Crippen LogP contribution in [0.5, 0.6) is 0 Å². The summed E-state index contributed by atoms with van der Waals surface area (Å²) < 4.78 is 0. The van der Waals surface area contributed by atoms with Crippen LogP contribution in [0, 0.1) is 0 Å². The quantitative estimate of drug-likeness (QED) is 0.566. The molecule has 0 aromatic heterocycles. The predicted octanol–water partition coefficient (Wildman–Crippen LogP) is 1.19. The van der Waals surface area contributed by atoms with Crippen molar-refractivity contribution in [1.29, 1.82) is 0 Å². The zero-order valence-electron chi connectivity index (χ0n) is 8.82. The molecule has 0 saturated carbocycles. The molecular formula is C10H19N3. The van der Waals surface area contributed by atoms with E-state index in [-0.39, 0.29) is 0 Å². The first-order valence-corrected chi connectivity index (χ1v) is 4.80. The van der Waals surface area contributed by atoms with Gasteiger partial charge in [-0.1, -0.05) is 0 Å². The fraction of sp³-hybridized carbons (Fsp3) is 0.700. The van der Waals surface area contributed by atoms with E-state index in [0.717, 1.165) is 13.1 Å². The molecule has 13 heavy (non-hydrogen) atoms. The van der Waals surface area contributed by atoms with Gasteiger partial charge in [-0.2, -0.15) is 0 Å². The molecule has 3 heteroatoms. The van der Waals surface area contributed by atoms with Crippen LogP contribution >= 0.6 is 0 Å². The number of nitrogens with zero attached hydrogens (tertiary/aromatic N) is 3. The highest BCUT2D eigenvalue weighted by atomic mass is 15.2. The van der Waals surface area contributed by atoms with Crippen molar-refractivity contribution in [3.63, 3.8) is 0 Å². The maximum atomic E-state index is 4.17. The number of hydrogen-bond acceptors (Lipinski definition) is 3. The Balaban J connectivity index is 2.66. The van der Waals surface area contributed by atoms with Gasteiger partial charge in [-0.3, -0.25) is 4.99 Å². The molecule has 0 amide bonds. The largest absolute Gasteiger partial charge is 0.376 e. The van der Waals surface area contributed by atoms with Crippen LogP contribution < -0.4 is 0 Å². The molecule has 0 radical (unpaired) electrons. The molecule has 3 nitrogen and oxygen atoms in total. The number of hydrogen-bond donors (Lipinski definition) is 0. The maximum Gasteiger partial charge on any atom is 0.0468 e. The van der Waals surface area contributed by atoms with E-state index in [1.54, 1.807) is 0 Å². The Morgan fingerprint density at radius 1 is 1.31 bits per heavy atom. The lowest BCUT2D eigenvalue weighted by Gasteiger charge is -2.19. The minimum Gasteiger partial charge on any atom is -0.376 e. The topological polar surface area (TPSA) is 18.8 Å². The van der Waals surface area contributed by atoms with E-state index in [1.165, 1.54) is 18.7 Å². The molecule has 0 aromatic rings. The van der Waals surface area contributed by atoms with Gasteiger partial charge in [0.05, 0.1) is 0 Å². The van der Waals surface area contributed by atoms with Gasteiger partial charge in [-0.25, -0.2) is 0 Å². The van der Waals surface area contributed by atoms with Crippen LogP contribution in [0.2, 0.25) is 0 Å². The Kier molecular flexibility index (Phi) is 3.96. The summed E-state index contributed by atoms with van der Waals surface area (Å²) in [7, 11) is 4.29. The summed E-state index contributed by atoms with van der Waals surface area (Å²) in [6.45, 7) is 5.26. The van der Waals surface area contributed by atoms with Gasteiger partial charge in [0, 0.05) is 38.2 Å². The van der Waals surface area contributed by atoms with Gasteiger partial charge < -0.3 is 9.80 Å². The van der Waals surface area contributed by atoms with E-state index in [0.29, 0.717) is 0 Å². The van der Waals surface area contributed by atoms with E-state index in [1.807, 2.05) is 19.3 Å². The molecule has 1 fully saturated rings. The van der Waals surface area contributed by atoms with Crippen molar-refractivity contribution in [2.75, 3.05) is 33.7 Å². The third kappa shape index (κ3) is 3.19. The molecule has 1 aliphatic heterocycles. The minimum atomic E-state index is 1.01. The summed E-state index contributed by atoms with van der Waals surface area (Å²) in [5.41, 5.74) is 1.30. The molecule has 1 rings (SSSR count). The van der Waals surface area contributed by atoms with E-state index in [9.17, 15) is 0 Å². The molecule has 1 saturated heterocycles. The number of likely N-dealkylation sites (N-methyl/N-ethyl adjacent to an activating group) is 2. The fourth-order valence-corrected chi connectivity index (χ4v) is 1.50. The van der Waals surface area contributed by atoms with Crippen LogP contribution in [0.1, 0.15) is 13.3 Å². The van der Waals surface area contributed by atoms with Crippen molar-refractivity contribution in [2.24, 2.45) is 4.99 Å². The Morgan fingerprint density at radius 3 is 2.77 bits per heavy atom. The third-order valence-corrected chi connectivity index (χ3v) is 2.33. The average Bonchev–Trinajstić information content (AvgIpc) is 2.25.